The molecule has 0 radical (unpaired) electrons. The summed E-state index contributed by atoms with van der Waals surface area (Å²) in [5.41, 5.74) is 1.04. The maximum Gasteiger partial charge on any atom is 0.489 e. The molecule has 0 aliphatic rings. The van der Waals surface area contributed by atoms with Crippen LogP contribution in [0.2, 0.25) is 0 Å². The Labute approximate surface area is 87.4 Å². The molecule has 0 bridgehead atoms. The van der Waals surface area contributed by atoms with Gasteiger partial charge in [0.05, 0.1) is 0 Å². The van der Waals surface area contributed by atoms with E-state index in [0.717, 1.165) is 0 Å². The molecule has 2 rings (SSSR count). The predicted octanol–water partition coefficient (Wildman–Crippen LogP) is -0.177. The molecule has 1 aromatic carbocycles. The van der Waals surface area contributed by atoms with Crippen molar-refractivity contribution in [1.82, 2.24) is 9.97 Å². The van der Waals surface area contributed by atoms with E-state index in [9.17, 15) is 0 Å². The molecule has 0 unspecified atom stereocenters. The van der Waals surface area contributed by atoms with Gasteiger partial charge in [-0.2, -0.15) is 0 Å². The van der Waals surface area contributed by atoms with Crippen LogP contribution in [-0.4, -0.2) is 27.1 Å². The van der Waals surface area contributed by atoms with Crippen molar-refractivity contribution in [2.45, 2.75) is 0 Å². The van der Waals surface area contributed by atoms with E-state index >= 15 is 0 Å². The second-order valence-electron chi connectivity index (χ2n) is 3.03. The number of hydrogen-bond donors (Lipinski definition) is 2. The number of hydrogen-bond acceptors (Lipinski definition) is 4. The first-order valence-electron chi connectivity index (χ1n) is 4.51. The summed E-state index contributed by atoms with van der Waals surface area (Å²) in [6.07, 6.45) is 3.23. The number of nitrogens with zero attached hydrogens (tertiary/aromatic N) is 2. The quantitative estimate of drug-likeness (QED) is 0.660. The maximum atomic E-state index is 9.17. The molecule has 0 saturated carbocycles. The van der Waals surface area contributed by atoms with Gasteiger partial charge in [-0.3, -0.25) is 0 Å². The van der Waals surface area contributed by atoms with E-state index in [1.54, 1.807) is 42.7 Å². The topological polar surface area (TPSA) is 66.2 Å². The van der Waals surface area contributed by atoms with Crippen LogP contribution in [0.1, 0.15) is 0 Å². The summed E-state index contributed by atoms with van der Waals surface area (Å²) in [5.74, 6) is 0.487. The van der Waals surface area contributed by atoms with Crippen LogP contribution in [0.15, 0.2) is 42.7 Å². The monoisotopic (exact) mass is 200 g/mol. The molecular formula is C10H9BN2O2. The summed E-state index contributed by atoms with van der Waals surface area (Å²) in [6.45, 7) is 0. The Morgan fingerprint density at radius 3 is 2.27 bits per heavy atom. The molecule has 2 aromatic rings. The number of aromatic nitrogens is 2. The summed E-state index contributed by atoms with van der Waals surface area (Å²) in [6, 6.07) is 8.64. The van der Waals surface area contributed by atoms with E-state index in [1.165, 1.54) is 0 Å². The summed E-state index contributed by atoms with van der Waals surface area (Å²) in [7, 11) is -1.51. The fraction of sp³-hybridized carbons (Fsp3) is 0. The third-order valence-corrected chi connectivity index (χ3v) is 2.05. The lowest BCUT2D eigenvalue weighted by atomic mass is 9.77. The minimum atomic E-state index is -1.51. The third kappa shape index (κ3) is 2.03. The molecule has 0 fully saturated rings. The van der Waals surface area contributed by atoms with Crippen molar-refractivity contribution in [3.05, 3.63) is 42.7 Å². The van der Waals surface area contributed by atoms with Crippen LogP contribution in [0.5, 0.6) is 0 Å². The Balaban J connectivity index is 2.53. The normalized spacial score (nSPS) is 10.0. The van der Waals surface area contributed by atoms with Crippen molar-refractivity contribution in [3.63, 3.8) is 0 Å². The van der Waals surface area contributed by atoms with Crippen LogP contribution in [0.25, 0.3) is 11.4 Å². The highest BCUT2D eigenvalue weighted by molar-refractivity contribution is 6.60. The summed E-state index contributed by atoms with van der Waals surface area (Å²) < 4.78 is 0. The Bertz CT molecular complexity index is 448. The van der Waals surface area contributed by atoms with Gasteiger partial charge in [0.2, 0.25) is 0 Å². The SMILES string of the molecule is OB(O)c1ccccc1-c1ncccn1. The lowest BCUT2D eigenvalue weighted by Gasteiger charge is -2.06. The largest absolute Gasteiger partial charge is 0.489 e. The van der Waals surface area contributed by atoms with Gasteiger partial charge in [-0.1, -0.05) is 24.3 Å². The molecular weight excluding hydrogens is 191 g/mol. The first-order chi connectivity index (χ1) is 7.29. The number of rotatable bonds is 2. The molecule has 1 aromatic heterocycles. The molecule has 15 heavy (non-hydrogen) atoms. The molecule has 74 valence electrons. The lowest BCUT2D eigenvalue weighted by molar-refractivity contribution is 0.426. The average molecular weight is 200 g/mol. The van der Waals surface area contributed by atoms with Crippen LogP contribution in [0, 0.1) is 0 Å². The zero-order valence-corrected chi connectivity index (χ0v) is 7.91. The van der Waals surface area contributed by atoms with Crippen LogP contribution in [0.4, 0.5) is 0 Å². The van der Waals surface area contributed by atoms with Gasteiger partial charge in [0.25, 0.3) is 0 Å². The molecule has 5 heteroatoms. The van der Waals surface area contributed by atoms with E-state index in [-0.39, 0.29) is 0 Å². The molecule has 0 aliphatic heterocycles. The van der Waals surface area contributed by atoms with Gasteiger partial charge in [-0.15, -0.1) is 0 Å². The van der Waals surface area contributed by atoms with Gasteiger partial charge < -0.3 is 10.0 Å². The Morgan fingerprint density at radius 1 is 0.933 bits per heavy atom. The van der Waals surface area contributed by atoms with Crippen LogP contribution >= 0.6 is 0 Å². The standard InChI is InChI=1S/C10H9BN2O2/c14-11(15)9-5-2-1-4-8(9)10-12-6-3-7-13-10/h1-7,14-15H. The van der Waals surface area contributed by atoms with Crippen LogP contribution < -0.4 is 5.46 Å². The molecule has 0 spiro atoms. The van der Waals surface area contributed by atoms with Crippen molar-refractivity contribution >= 4 is 12.6 Å². The average Bonchev–Trinajstić information content (AvgIpc) is 2.30. The van der Waals surface area contributed by atoms with Crippen LogP contribution in [-0.2, 0) is 0 Å². The van der Waals surface area contributed by atoms with E-state index in [0.29, 0.717) is 16.9 Å². The van der Waals surface area contributed by atoms with Crippen molar-refractivity contribution in [2.75, 3.05) is 0 Å². The minimum absolute atomic E-state index is 0.406. The van der Waals surface area contributed by atoms with Crippen molar-refractivity contribution < 1.29 is 10.0 Å². The molecule has 1 heterocycles. The molecule has 4 nitrogen and oxygen atoms in total. The van der Waals surface area contributed by atoms with Crippen molar-refractivity contribution in [1.29, 1.82) is 0 Å². The second kappa shape index (κ2) is 4.21. The van der Waals surface area contributed by atoms with Gasteiger partial charge in [0.1, 0.15) is 0 Å². The lowest BCUT2D eigenvalue weighted by Crippen LogP contribution is -2.31. The summed E-state index contributed by atoms with van der Waals surface area (Å²) >= 11 is 0. The van der Waals surface area contributed by atoms with Gasteiger partial charge in [-0.05, 0) is 11.5 Å². The second-order valence-corrected chi connectivity index (χ2v) is 3.03. The molecule has 0 aliphatic carbocycles. The number of benzene rings is 1. The fourth-order valence-corrected chi connectivity index (χ4v) is 1.36. The van der Waals surface area contributed by atoms with Gasteiger partial charge in [0, 0.05) is 18.0 Å². The highest BCUT2D eigenvalue weighted by atomic mass is 16.4. The zero-order valence-electron chi connectivity index (χ0n) is 7.91. The van der Waals surface area contributed by atoms with E-state index in [1.807, 2.05) is 0 Å². The molecule has 0 amide bonds. The van der Waals surface area contributed by atoms with Crippen LogP contribution in [0.3, 0.4) is 0 Å². The molecule has 2 N–H and O–H groups in total. The highest BCUT2D eigenvalue weighted by Crippen LogP contribution is 2.10. The van der Waals surface area contributed by atoms with Gasteiger partial charge >= 0.3 is 7.12 Å². The first-order valence-corrected chi connectivity index (χ1v) is 4.51. The Hall–Kier alpha value is -1.72. The summed E-state index contributed by atoms with van der Waals surface area (Å²) in [4.78, 5) is 8.12. The predicted molar refractivity (Wildman–Crippen MR) is 57.3 cm³/mol. The summed E-state index contributed by atoms with van der Waals surface area (Å²) in [5, 5.41) is 18.3. The zero-order chi connectivity index (χ0) is 10.7. The molecule has 0 atom stereocenters. The fourth-order valence-electron chi connectivity index (χ4n) is 1.36. The van der Waals surface area contributed by atoms with E-state index < -0.39 is 7.12 Å². The van der Waals surface area contributed by atoms with Gasteiger partial charge in [0.15, 0.2) is 5.82 Å². The first kappa shape index (κ1) is 9.83. The van der Waals surface area contributed by atoms with E-state index in [4.69, 9.17) is 10.0 Å². The Morgan fingerprint density at radius 2 is 1.60 bits per heavy atom. The van der Waals surface area contributed by atoms with E-state index in [2.05, 4.69) is 9.97 Å². The van der Waals surface area contributed by atoms with Crippen molar-refractivity contribution in [2.24, 2.45) is 0 Å². The Kier molecular flexibility index (Phi) is 2.76. The minimum Gasteiger partial charge on any atom is -0.423 e. The molecule has 0 saturated heterocycles. The van der Waals surface area contributed by atoms with Gasteiger partial charge in [-0.25, -0.2) is 9.97 Å². The smallest absolute Gasteiger partial charge is 0.423 e. The highest BCUT2D eigenvalue weighted by Gasteiger charge is 2.17. The van der Waals surface area contributed by atoms with Crippen molar-refractivity contribution in [3.8, 4) is 11.4 Å². The third-order valence-electron chi connectivity index (χ3n) is 2.05. The maximum absolute atomic E-state index is 9.17.